The van der Waals surface area contributed by atoms with Crippen LogP contribution in [0, 0.1) is 0 Å². The Morgan fingerprint density at radius 2 is 1.84 bits per heavy atom. The molecule has 1 aromatic rings. The minimum atomic E-state index is -0.529. The zero-order valence-corrected chi connectivity index (χ0v) is 11.1. The Balaban J connectivity index is 1.91. The predicted molar refractivity (Wildman–Crippen MR) is 72.4 cm³/mol. The van der Waals surface area contributed by atoms with Crippen LogP contribution >= 0.6 is 0 Å². The molecule has 19 heavy (non-hydrogen) atoms. The van der Waals surface area contributed by atoms with Crippen molar-refractivity contribution in [2.75, 3.05) is 26.2 Å². The summed E-state index contributed by atoms with van der Waals surface area (Å²) < 4.78 is 0. The lowest BCUT2D eigenvalue weighted by Crippen LogP contribution is -2.51. The van der Waals surface area contributed by atoms with Gasteiger partial charge in [-0.15, -0.1) is 0 Å². The molecular weight excluding hydrogens is 242 g/mol. The van der Waals surface area contributed by atoms with Gasteiger partial charge in [0.25, 0.3) is 0 Å². The Labute approximate surface area is 113 Å². The van der Waals surface area contributed by atoms with Gasteiger partial charge in [-0.2, -0.15) is 0 Å². The summed E-state index contributed by atoms with van der Waals surface area (Å²) >= 11 is 0. The van der Waals surface area contributed by atoms with Crippen molar-refractivity contribution in [3.63, 3.8) is 0 Å². The second kappa shape index (κ2) is 6.33. The third kappa shape index (κ3) is 3.54. The van der Waals surface area contributed by atoms with E-state index in [2.05, 4.69) is 10.6 Å². The van der Waals surface area contributed by atoms with E-state index in [1.165, 1.54) is 0 Å². The topological polar surface area (TPSA) is 61.4 Å². The normalized spacial score (nSPS) is 16.8. The average Bonchev–Trinajstić information content (AvgIpc) is 2.48. The van der Waals surface area contributed by atoms with E-state index < -0.39 is 11.8 Å². The van der Waals surface area contributed by atoms with Crippen LogP contribution in [0.4, 0.5) is 0 Å². The summed E-state index contributed by atoms with van der Waals surface area (Å²) in [6.07, 6.45) is 0. The number of hydrogen-bond donors (Lipinski definition) is 2. The maximum absolute atomic E-state index is 12.0. The Bertz CT molecular complexity index is 441. The van der Waals surface area contributed by atoms with Gasteiger partial charge in [0.05, 0.1) is 6.04 Å². The van der Waals surface area contributed by atoms with Crippen LogP contribution in [0.15, 0.2) is 30.3 Å². The number of carbonyl (C=O) groups is 2. The molecule has 1 heterocycles. The maximum Gasteiger partial charge on any atom is 0.311 e. The molecule has 1 fully saturated rings. The van der Waals surface area contributed by atoms with Crippen LogP contribution < -0.4 is 10.6 Å². The van der Waals surface area contributed by atoms with Gasteiger partial charge >= 0.3 is 11.8 Å². The summed E-state index contributed by atoms with van der Waals surface area (Å²) in [5.74, 6) is -0.970. The Kier molecular flexibility index (Phi) is 4.52. The number of carbonyl (C=O) groups excluding carboxylic acids is 2. The summed E-state index contributed by atoms with van der Waals surface area (Å²) in [5, 5.41) is 5.89. The van der Waals surface area contributed by atoms with Gasteiger partial charge in [-0.25, -0.2) is 0 Å². The fraction of sp³-hybridized carbons (Fsp3) is 0.429. The van der Waals surface area contributed by atoms with E-state index in [4.69, 9.17) is 0 Å². The first kappa shape index (κ1) is 13.5. The van der Waals surface area contributed by atoms with Crippen LogP contribution in [-0.4, -0.2) is 42.9 Å². The first-order valence-corrected chi connectivity index (χ1v) is 6.54. The zero-order valence-electron chi connectivity index (χ0n) is 11.1. The van der Waals surface area contributed by atoms with E-state index in [1.807, 2.05) is 37.3 Å². The fourth-order valence-electron chi connectivity index (χ4n) is 2.09. The molecule has 102 valence electrons. The van der Waals surface area contributed by atoms with Crippen molar-refractivity contribution < 1.29 is 9.59 Å². The summed E-state index contributed by atoms with van der Waals surface area (Å²) in [7, 11) is 0. The van der Waals surface area contributed by atoms with Gasteiger partial charge in [0.1, 0.15) is 0 Å². The lowest BCUT2D eigenvalue weighted by Gasteiger charge is -2.27. The van der Waals surface area contributed by atoms with Crippen LogP contribution in [0.5, 0.6) is 0 Å². The number of nitrogens with one attached hydrogen (secondary N) is 2. The number of amides is 2. The lowest BCUT2D eigenvalue weighted by molar-refractivity contribution is -0.146. The van der Waals surface area contributed by atoms with Crippen LogP contribution in [-0.2, 0) is 9.59 Å². The molecule has 0 saturated carbocycles. The van der Waals surface area contributed by atoms with Crippen LogP contribution in [0.25, 0.3) is 0 Å². The van der Waals surface area contributed by atoms with Crippen LogP contribution in [0.3, 0.4) is 0 Å². The standard InChI is InChI=1S/C14H19N3O2/c1-11(12-5-3-2-4-6-12)16-13(18)14(19)17-9-7-15-8-10-17/h2-6,11,15H,7-10H2,1H3,(H,16,18). The van der Waals surface area contributed by atoms with E-state index in [0.717, 1.165) is 18.7 Å². The SMILES string of the molecule is CC(NC(=O)C(=O)N1CCNCC1)c1ccccc1. The van der Waals surface area contributed by atoms with E-state index >= 15 is 0 Å². The summed E-state index contributed by atoms with van der Waals surface area (Å²) in [5.41, 5.74) is 0.990. The second-order valence-electron chi connectivity index (χ2n) is 4.65. The Morgan fingerprint density at radius 1 is 1.21 bits per heavy atom. The molecule has 1 unspecified atom stereocenters. The molecule has 1 atom stereocenters. The highest BCUT2D eigenvalue weighted by molar-refractivity contribution is 6.35. The van der Waals surface area contributed by atoms with E-state index in [-0.39, 0.29) is 6.04 Å². The fourth-order valence-corrected chi connectivity index (χ4v) is 2.09. The Hall–Kier alpha value is -1.88. The van der Waals surface area contributed by atoms with E-state index in [9.17, 15) is 9.59 Å². The highest BCUT2D eigenvalue weighted by Crippen LogP contribution is 2.11. The summed E-state index contributed by atoms with van der Waals surface area (Å²) in [6.45, 7) is 4.54. The molecule has 5 heteroatoms. The lowest BCUT2D eigenvalue weighted by atomic mass is 10.1. The largest absolute Gasteiger partial charge is 0.341 e. The summed E-state index contributed by atoms with van der Waals surface area (Å²) in [6, 6.07) is 9.44. The second-order valence-corrected chi connectivity index (χ2v) is 4.65. The zero-order chi connectivity index (χ0) is 13.7. The molecule has 5 nitrogen and oxygen atoms in total. The quantitative estimate of drug-likeness (QED) is 0.753. The van der Waals surface area contributed by atoms with Crippen LogP contribution in [0.1, 0.15) is 18.5 Å². The monoisotopic (exact) mass is 261 g/mol. The first-order chi connectivity index (χ1) is 9.18. The maximum atomic E-state index is 12.0. The van der Waals surface area contributed by atoms with Gasteiger partial charge in [0.15, 0.2) is 0 Å². The average molecular weight is 261 g/mol. The minimum Gasteiger partial charge on any atom is -0.341 e. The van der Waals surface area contributed by atoms with Gasteiger partial charge in [-0.1, -0.05) is 30.3 Å². The number of benzene rings is 1. The first-order valence-electron chi connectivity index (χ1n) is 6.54. The minimum absolute atomic E-state index is 0.166. The van der Waals surface area contributed by atoms with E-state index in [0.29, 0.717) is 13.1 Å². The van der Waals surface area contributed by atoms with Crippen molar-refractivity contribution in [1.29, 1.82) is 0 Å². The molecule has 0 spiro atoms. The highest BCUT2D eigenvalue weighted by atomic mass is 16.2. The number of hydrogen-bond acceptors (Lipinski definition) is 3. The van der Waals surface area contributed by atoms with Gasteiger partial charge in [-0.05, 0) is 12.5 Å². The molecule has 0 aliphatic carbocycles. The number of piperazine rings is 1. The van der Waals surface area contributed by atoms with Crippen molar-refractivity contribution >= 4 is 11.8 Å². The van der Waals surface area contributed by atoms with Gasteiger partial charge in [-0.3, -0.25) is 9.59 Å². The molecule has 0 aromatic heterocycles. The number of nitrogens with zero attached hydrogens (tertiary/aromatic N) is 1. The van der Waals surface area contributed by atoms with Crippen molar-refractivity contribution in [2.24, 2.45) is 0 Å². The molecular formula is C14H19N3O2. The summed E-state index contributed by atoms with van der Waals surface area (Å²) in [4.78, 5) is 25.4. The molecule has 1 aliphatic rings. The number of rotatable bonds is 2. The Morgan fingerprint density at radius 3 is 2.47 bits per heavy atom. The molecule has 2 amide bonds. The molecule has 1 saturated heterocycles. The van der Waals surface area contributed by atoms with Crippen molar-refractivity contribution in [3.05, 3.63) is 35.9 Å². The highest BCUT2D eigenvalue weighted by Gasteiger charge is 2.24. The molecule has 1 aromatic carbocycles. The molecule has 1 aliphatic heterocycles. The van der Waals surface area contributed by atoms with Crippen molar-refractivity contribution in [2.45, 2.75) is 13.0 Å². The van der Waals surface area contributed by atoms with Gasteiger partial charge < -0.3 is 15.5 Å². The predicted octanol–water partition coefficient (Wildman–Crippen LogP) is 0.296. The molecule has 2 N–H and O–H groups in total. The molecule has 0 bridgehead atoms. The van der Waals surface area contributed by atoms with E-state index in [1.54, 1.807) is 4.90 Å². The molecule has 0 radical (unpaired) electrons. The third-order valence-electron chi connectivity index (χ3n) is 3.25. The smallest absolute Gasteiger partial charge is 0.311 e. The molecule has 2 rings (SSSR count). The third-order valence-corrected chi connectivity index (χ3v) is 3.25. The van der Waals surface area contributed by atoms with Crippen molar-refractivity contribution in [1.82, 2.24) is 15.5 Å². The van der Waals surface area contributed by atoms with Gasteiger partial charge in [0.2, 0.25) is 0 Å². The van der Waals surface area contributed by atoms with Gasteiger partial charge in [0, 0.05) is 26.2 Å². The van der Waals surface area contributed by atoms with Crippen LogP contribution in [0.2, 0.25) is 0 Å². The van der Waals surface area contributed by atoms with Crippen molar-refractivity contribution in [3.8, 4) is 0 Å².